The van der Waals surface area contributed by atoms with Gasteiger partial charge >= 0.3 is 5.97 Å². The lowest BCUT2D eigenvalue weighted by atomic mass is 9.97. The van der Waals surface area contributed by atoms with Crippen molar-refractivity contribution in [2.45, 2.75) is 77.5 Å². The molecule has 1 fully saturated rings. The lowest BCUT2D eigenvalue weighted by Gasteiger charge is -2.39. The molecule has 0 radical (unpaired) electrons. The first-order chi connectivity index (χ1) is 8.95. The normalized spacial score (nSPS) is 26.4. The number of carbonyl (C=O) groups is 1. The van der Waals surface area contributed by atoms with Crippen molar-refractivity contribution in [3.8, 4) is 0 Å². The zero-order valence-corrected chi connectivity index (χ0v) is 13.1. The number of nitrogens with one attached hydrogen (secondary N) is 1. The molecule has 1 rings (SSSR count). The summed E-state index contributed by atoms with van der Waals surface area (Å²) in [5.74, 6) is -0.147. The molecule has 0 aromatic heterocycles. The molecule has 112 valence electrons. The van der Waals surface area contributed by atoms with Gasteiger partial charge in [0, 0.05) is 24.7 Å². The van der Waals surface area contributed by atoms with Crippen LogP contribution in [0.4, 0.5) is 0 Å². The van der Waals surface area contributed by atoms with Crippen LogP contribution < -0.4 is 5.32 Å². The Labute approximate surface area is 117 Å². The van der Waals surface area contributed by atoms with Crippen LogP contribution in [0.1, 0.15) is 53.4 Å². The lowest BCUT2D eigenvalue weighted by Crippen LogP contribution is -2.48. The predicted octanol–water partition coefficient (Wildman–Crippen LogP) is 2.18. The van der Waals surface area contributed by atoms with Crippen LogP contribution in [0.2, 0.25) is 0 Å². The molecule has 0 saturated carbocycles. The third-order valence-electron chi connectivity index (χ3n) is 4.07. The topological polar surface area (TPSA) is 41.6 Å². The molecule has 19 heavy (non-hydrogen) atoms. The largest absolute Gasteiger partial charge is 0.468 e. The molecular formula is C15H30N2O2. The van der Waals surface area contributed by atoms with Gasteiger partial charge in [0.2, 0.25) is 0 Å². The number of likely N-dealkylation sites (tertiary alicyclic amines) is 1. The molecular weight excluding hydrogens is 240 g/mol. The fourth-order valence-electron chi connectivity index (χ4n) is 3.01. The van der Waals surface area contributed by atoms with Crippen molar-refractivity contribution in [1.29, 1.82) is 0 Å². The molecule has 1 N–H and O–H groups in total. The molecule has 0 aromatic rings. The van der Waals surface area contributed by atoms with Gasteiger partial charge in [-0.05, 0) is 33.1 Å². The van der Waals surface area contributed by atoms with Crippen LogP contribution in [-0.4, -0.2) is 48.7 Å². The van der Waals surface area contributed by atoms with Crippen molar-refractivity contribution >= 4 is 5.97 Å². The van der Waals surface area contributed by atoms with E-state index >= 15 is 0 Å². The second-order valence-electron chi connectivity index (χ2n) is 6.05. The summed E-state index contributed by atoms with van der Waals surface area (Å²) in [6, 6.07) is 1.36. The van der Waals surface area contributed by atoms with Crippen molar-refractivity contribution in [3.05, 3.63) is 0 Å². The van der Waals surface area contributed by atoms with E-state index in [1.165, 1.54) is 26.4 Å². The minimum Gasteiger partial charge on any atom is -0.468 e. The Bertz CT molecular complexity index is 271. The predicted molar refractivity (Wildman–Crippen MR) is 78.2 cm³/mol. The Kier molecular flexibility index (Phi) is 6.80. The lowest BCUT2D eigenvalue weighted by molar-refractivity contribution is -0.143. The molecule has 0 aliphatic carbocycles. The molecule has 4 heteroatoms. The van der Waals surface area contributed by atoms with E-state index in [1.807, 2.05) is 0 Å². The van der Waals surface area contributed by atoms with Gasteiger partial charge < -0.3 is 10.1 Å². The average molecular weight is 270 g/mol. The molecule has 1 heterocycles. The van der Waals surface area contributed by atoms with Crippen LogP contribution in [0.5, 0.6) is 0 Å². The molecule has 1 saturated heterocycles. The van der Waals surface area contributed by atoms with E-state index in [-0.39, 0.29) is 12.0 Å². The first-order valence-corrected chi connectivity index (χ1v) is 7.55. The molecule has 3 unspecified atom stereocenters. The quantitative estimate of drug-likeness (QED) is 0.751. The van der Waals surface area contributed by atoms with Gasteiger partial charge in [-0.2, -0.15) is 0 Å². The van der Waals surface area contributed by atoms with Gasteiger partial charge in [0.05, 0.1) is 7.11 Å². The van der Waals surface area contributed by atoms with Gasteiger partial charge in [-0.15, -0.1) is 0 Å². The van der Waals surface area contributed by atoms with Crippen molar-refractivity contribution in [1.82, 2.24) is 10.2 Å². The molecule has 4 nitrogen and oxygen atoms in total. The second-order valence-corrected chi connectivity index (χ2v) is 6.05. The minimum absolute atomic E-state index is 0.147. The number of rotatable bonds is 6. The molecule has 0 amide bonds. The SMILES string of the molecule is COC(=O)C(CCN1C(C)CCCC1C)NC(C)C. The highest BCUT2D eigenvalue weighted by atomic mass is 16.5. The van der Waals surface area contributed by atoms with Crippen molar-refractivity contribution < 1.29 is 9.53 Å². The number of nitrogens with zero attached hydrogens (tertiary/aromatic N) is 1. The Hall–Kier alpha value is -0.610. The summed E-state index contributed by atoms with van der Waals surface area (Å²) in [5.41, 5.74) is 0. The highest BCUT2D eigenvalue weighted by molar-refractivity contribution is 5.75. The summed E-state index contributed by atoms with van der Waals surface area (Å²) in [4.78, 5) is 14.3. The van der Waals surface area contributed by atoms with Crippen molar-refractivity contribution in [2.75, 3.05) is 13.7 Å². The Morgan fingerprint density at radius 2 is 1.89 bits per heavy atom. The van der Waals surface area contributed by atoms with E-state index in [2.05, 4.69) is 37.9 Å². The zero-order valence-electron chi connectivity index (χ0n) is 13.1. The number of hydrogen-bond acceptors (Lipinski definition) is 4. The van der Waals surface area contributed by atoms with E-state index in [0.29, 0.717) is 18.1 Å². The molecule has 3 atom stereocenters. The van der Waals surface area contributed by atoms with Crippen LogP contribution in [0.25, 0.3) is 0 Å². The maximum absolute atomic E-state index is 11.8. The number of esters is 1. The Morgan fingerprint density at radius 3 is 2.37 bits per heavy atom. The van der Waals surface area contributed by atoms with Crippen LogP contribution >= 0.6 is 0 Å². The van der Waals surface area contributed by atoms with E-state index in [9.17, 15) is 4.79 Å². The molecule has 1 aliphatic rings. The summed E-state index contributed by atoms with van der Waals surface area (Å²) >= 11 is 0. The number of piperidine rings is 1. The van der Waals surface area contributed by atoms with Gasteiger partial charge in [0.15, 0.2) is 0 Å². The van der Waals surface area contributed by atoms with Crippen LogP contribution in [0, 0.1) is 0 Å². The minimum atomic E-state index is -0.189. The Morgan fingerprint density at radius 1 is 1.32 bits per heavy atom. The molecule has 0 bridgehead atoms. The summed E-state index contributed by atoms with van der Waals surface area (Å²) in [6.07, 6.45) is 4.68. The third-order valence-corrected chi connectivity index (χ3v) is 4.07. The average Bonchev–Trinajstić information content (AvgIpc) is 2.35. The summed E-state index contributed by atoms with van der Waals surface area (Å²) in [6.45, 7) is 9.66. The van der Waals surface area contributed by atoms with Gasteiger partial charge in [0.1, 0.15) is 6.04 Å². The first kappa shape index (κ1) is 16.4. The number of carbonyl (C=O) groups excluding carboxylic acids is 1. The molecule has 0 aromatic carbocycles. The number of methoxy groups -OCH3 is 1. The number of ether oxygens (including phenoxy) is 1. The fourth-order valence-corrected chi connectivity index (χ4v) is 3.01. The van der Waals surface area contributed by atoms with E-state index < -0.39 is 0 Å². The smallest absolute Gasteiger partial charge is 0.322 e. The highest BCUT2D eigenvalue weighted by Gasteiger charge is 2.27. The number of hydrogen-bond donors (Lipinski definition) is 1. The summed E-state index contributed by atoms with van der Waals surface area (Å²) in [5, 5.41) is 3.30. The van der Waals surface area contributed by atoms with Crippen LogP contribution in [0.15, 0.2) is 0 Å². The standard InChI is InChI=1S/C15H30N2O2/c1-11(2)16-14(15(18)19-5)9-10-17-12(3)7-6-8-13(17)4/h11-14,16H,6-10H2,1-5H3. The molecule has 0 spiro atoms. The third kappa shape index (κ3) is 5.11. The second kappa shape index (κ2) is 7.85. The fraction of sp³-hybridized carbons (Fsp3) is 0.933. The van der Waals surface area contributed by atoms with Gasteiger partial charge in [-0.3, -0.25) is 9.69 Å². The summed E-state index contributed by atoms with van der Waals surface area (Å²) in [7, 11) is 1.46. The van der Waals surface area contributed by atoms with E-state index in [4.69, 9.17) is 4.74 Å². The van der Waals surface area contributed by atoms with Crippen molar-refractivity contribution in [2.24, 2.45) is 0 Å². The summed E-state index contributed by atoms with van der Waals surface area (Å²) < 4.78 is 4.89. The van der Waals surface area contributed by atoms with Crippen LogP contribution in [-0.2, 0) is 9.53 Å². The zero-order chi connectivity index (χ0) is 14.4. The maximum atomic E-state index is 11.8. The van der Waals surface area contributed by atoms with Gasteiger partial charge in [-0.1, -0.05) is 20.3 Å². The Balaban J connectivity index is 2.52. The maximum Gasteiger partial charge on any atom is 0.322 e. The van der Waals surface area contributed by atoms with E-state index in [1.54, 1.807) is 0 Å². The van der Waals surface area contributed by atoms with Gasteiger partial charge in [-0.25, -0.2) is 0 Å². The van der Waals surface area contributed by atoms with Gasteiger partial charge in [0.25, 0.3) is 0 Å². The monoisotopic (exact) mass is 270 g/mol. The highest BCUT2D eigenvalue weighted by Crippen LogP contribution is 2.22. The van der Waals surface area contributed by atoms with Crippen molar-refractivity contribution in [3.63, 3.8) is 0 Å². The first-order valence-electron chi connectivity index (χ1n) is 7.55. The van der Waals surface area contributed by atoms with E-state index in [0.717, 1.165) is 13.0 Å². The molecule has 1 aliphatic heterocycles. The van der Waals surface area contributed by atoms with Crippen LogP contribution in [0.3, 0.4) is 0 Å².